The summed E-state index contributed by atoms with van der Waals surface area (Å²) in [5.41, 5.74) is 0.796. The van der Waals surface area contributed by atoms with Crippen molar-refractivity contribution in [2.45, 2.75) is 26.9 Å². The molecule has 0 amide bonds. The second-order valence-corrected chi connectivity index (χ2v) is 5.38. The van der Waals surface area contributed by atoms with Crippen molar-refractivity contribution in [3.63, 3.8) is 0 Å². The monoisotopic (exact) mass is 288 g/mol. The molecule has 2 aromatic rings. The fourth-order valence-corrected chi connectivity index (χ4v) is 2.70. The van der Waals surface area contributed by atoms with E-state index in [1.807, 2.05) is 6.92 Å². The highest BCUT2D eigenvalue weighted by Crippen LogP contribution is 2.41. The van der Waals surface area contributed by atoms with Crippen molar-refractivity contribution < 1.29 is 18.7 Å². The lowest BCUT2D eigenvalue weighted by atomic mass is 9.89. The third kappa shape index (κ3) is 1.92. The molecule has 0 aliphatic carbocycles. The molecule has 0 saturated carbocycles. The van der Waals surface area contributed by atoms with Gasteiger partial charge in [-0.1, -0.05) is 6.92 Å². The van der Waals surface area contributed by atoms with Crippen LogP contribution in [0.5, 0.6) is 11.5 Å². The standard InChI is InChI=1S/C16H16O5/c1-7-5-12(17)21-16-13(7)10(19-4)6-11-14(16)15(18)8(2)9(3)20-11/h5-6,8-9H,1-4H3/t8-,9-/m1/s1. The molecule has 5 heteroatoms. The second-order valence-electron chi connectivity index (χ2n) is 5.38. The van der Waals surface area contributed by atoms with Gasteiger partial charge in [-0.2, -0.15) is 0 Å². The normalized spacial score (nSPS) is 21.0. The zero-order valence-corrected chi connectivity index (χ0v) is 12.4. The van der Waals surface area contributed by atoms with Gasteiger partial charge >= 0.3 is 5.63 Å². The van der Waals surface area contributed by atoms with Crippen LogP contribution in [-0.2, 0) is 0 Å². The third-order valence-electron chi connectivity index (χ3n) is 4.04. The minimum Gasteiger partial charge on any atom is -0.496 e. The van der Waals surface area contributed by atoms with Crippen molar-refractivity contribution in [1.82, 2.24) is 0 Å². The first-order valence-corrected chi connectivity index (χ1v) is 6.80. The van der Waals surface area contributed by atoms with E-state index in [9.17, 15) is 9.59 Å². The largest absolute Gasteiger partial charge is 0.496 e. The Labute approximate surface area is 121 Å². The van der Waals surface area contributed by atoms with Crippen LogP contribution < -0.4 is 15.1 Å². The fraction of sp³-hybridized carbons (Fsp3) is 0.375. The Hall–Kier alpha value is -2.30. The molecule has 21 heavy (non-hydrogen) atoms. The summed E-state index contributed by atoms with van der Waals surface area (Å²) >= 11 is 0. The number of hydrogen-bond acceptors (Lipinski definition) is 5. The summed E-state index contributed by atoms with van der Waals surface area (Å²) < 4.78 is 16.4. The number of Topliss-reactive ketones (excluding diaryl/α,β-unsaturated/α-hetero) is 1. The molecule has 2 heterocycles. The minimum atomic E-state index is -0.491. The number of rotatable bonds is 1. The smallest absolute Gasteiger partial charge is 0.336 e. The summed E-state index contributed by atoms with van der Waals surface area (Å²) in [5, 5.41) is 0.634. The van der Waals surface area contributed by atoms with Gasteiger partial charge in [-0.15, -0.1) is 0 Å². The quantitative estimate of drug-likeness (QED) is 0.755. The lowest BCUT2D eigenvalue weighted by Gasteiger charge is -2.28. The summed E-state index contributed by atoms with van der Waals surface area (Å²) in [6.45, 7) is 5.43. The van der Waals surface area contributed by atoms with Gasteiger partial charge < -0.3 is 13.9 Å². The van der Waals surface area contributed by atoms with E-state index in [-0.39, 0.29) is 23.4 Å². The average molecular weight is 288 g/mol. The van der Waals surface area contributed by atoms with Gasteiger partial charge in [0.25, 0.3) is 0 Å². The molecule has 0 spiro atoms. The number of hydrogen-bond donors (Lipinski definition) is 0. The second kappa shape index (κ2) is 4.62. The Morgan fingerprint density at radius 3 is 2.57 bits per heavy atom. The van der Waals surface area contributed by atoms with Gasteiger partial charge in [0.2, 0.25) is 0 Å². The molecule has 0 saturated heterocycles. The summed E-state index contributed by atoms with van der Waals surface area (Å²) in [6.07, 6.45) is -0.233. The summed E-state index contributed by atoms with van der Waals surface area (Å²) in [5.74, 6) is 0.563. The number of carbonyl (C=O) groups excluding carboxylic acids is 1. The minimum absolute atomic E-state index is 0.0786. The molecule has 0 N–H and O–H groups in total. The maximum Gasteiger partial charge on any atom is 0.336 e. The van der Waals surface area contributed by atoms with Crippen LogP contribution in [-0.4, -0.2) is 19.0 Å². The molecule has 0 bridgehead atoms. The molecule has 110 valence electrons. The summed E-state index contributed by atoms with van der Waals surface area (Å²) in [6, 6.07) is 3.07. The van der Waals surface area contributed by atoms with Crippen molar-refractivity contribution in [3.8, 4) is 11.5 Å². The van der Waals surface area contributed by atoms with Crippen molar-refractivity contribution in [3.05, 3.63) is 33.7 Å². The van der Waals surface area contributed by atoms with Gasteiger partial charge in [0.05, 0.1) is 18.4 Å². The highest BCUT2D eigenvalue weighted by Gasteiger charge is 2.35. The van der Waals surface area contributed by atoms with E-state index in [4.69, 9.17) is 13.9 Å². The van der Waals surface area contributed by atoms with E-state index in [0.717, 1.165) is 0 Å². The van der Waals surface area contributed by atoms with E-state index >= 15 is 0 Å². The van der Waals surface area contributed by atoms with Gasteiger partial charge in [-0.3, -0.25) is 4.79 Å². The Morgan fingerprint density at radius 1 is 1.19 bits per heavy atom. The Bertz CT molecular complexity index is 802. The van der Waals surface area contributed by atoms with E-state index in [0.29, 0.717) is 28.0 Å². The van der Waals surface area contributed by atoms with Crippen LogP contribution in [0, 0.1) is 12.8 Å². The topological polar surface area (TPSA) is 65.7 Å². The molecule has 3 rings (SSSR count). The van der Waals surface area contributed by atoms with Gasteiger partial charge in [-0.25, -0.2) is 4.79 Å². The molecule has 2 atom stereocenters. The molecule has 5 nitrogen and oxygen atoms in total. The highest BCUT2D eigenvalue weighted by atomic mass is 16.5. The Balaban J connectivity index is 2.47. The first-order valence-electron chi connectivity index (χ1n) is 6.80. The van der Waals surface area contributed by atoms with Crippen LogP contribution in [0.1, 0.15) is 29.8 Å². The molecule has 0 unspecified atom stereocenters. The maximum absolute atomic E-state index is 12.6. The van der Waals surface area contributed by atoms with E-state index < -0.39 is 5.63 Å². The fourth-order valence-electron chi connectivity index (χ4n) is 2.70. The molecular formula is C16H16O5. The van der Waals surface area contributed by atoms with Crippen LogP contribution in [0.3, 0.4) is 0 Å². The number of carbonyl (C=O) groups is 1. The van der Waals surface area contributed by atoms with Crippen LogP contribution in [0.2, 0.25) is 0 Å². The lowest BCUT2D eigenvalue weighted by Crippen LogP contribution is -2.33. The SMILES string of the molecule is COc1cc2c(c3oc(=O)cc(C)c13)C(=O)[C@H](C)[C@@H](C)O2. The molecular weight excluding hydrogens is 272 g/mol. The Morgan fingerprint density at radius 2 is 1.90 bits per heavy atom. The Kier molecular flexibility index (Phi) is 3.01. The van der Waals surface area contributed by atoms with Crippen molar-refractivity contribution in [1.29, 1.82) is 0 Å². The maximum atomic E-state index is 12.6. The number of fused-ring (bicyclic) bond motifs is 3. The summed E-state index contributed by atoms with van der Waals surface area (Å²) in [4.78, 5) is 24.3. The number of ether oxygens (including phenoxy) is 2. The van der Waals surface area contributed by atoms with Crippen molar-refractivity contribution in [2.75, 3.05) is 7.11 Å². The predicted molar refractivity (Wildman–Crippen MR) is 77.4 cm³/mol. The van der Waals surface area contributed by atoms with E-state index in [1.165, 1.54) is 13.2 Å². The molecule has 1 aliphatic heterocycles. The number of ketones is 1. The van der Waals surface area contributed by atoms with Gasteiger partial charge in [-0.05, 0) is 19.4 Å². The molecule has 0 radical (unpaired) electrons. The van der Waals surface area contributed by atoms with E-state index in [2.05, 4.69) is 0 Å². The molecule has 1 aromatic carbocycles. The van der Waals surface area contributed by atoms with E-state index in [1.54, 1.807) is 19.9 Å². The number of benzene rings is 1. The summed E-state index contributed by atoms with van der Waals surface area (Å²) in [7, 11) is 1.53. The van der Waals surface area contributed by atoms with Crippen LogP contribution in [0.25, 0.3) is 11.0 Å². The number of aryl methyl sites for hydroxylation is 1. The van der Waals surface area contributed by atoms with Crippen molar-refractivity contribution in [2.24, 2.45) is 5.92 Å². The highest BCUT2D eigenvalue weighted by molar-refractivity contribution is 6.12. The van der Waals surface area contributed by atoms with Crippen LogP contribution in [0.15, 0.2) is 21.3 Å². The van der Waals surface area contributed by atoms with Crippen molar-refractivity contribution >= 4 is 16.8 Å². The third-order valence-corrected chi connectivity index (χ3v) is 4.04. The van der Waals surface area contributed by atoms with Crippen LogP contribution in [0.4, 0.5) is 0 Å². The predicted octanol–water partition coefficient (Wildman–Crippen LogP) is 2.71. The number of methoxy groups -OCH3 is 1. The lowest BCUT2D eigenvalue weighted by molar-refractivity contribution is 0.0731. The van der Waals surface area contributed by atoms with Crippen LogP contribution >= 0.6 is 0 Å². The first kappa shape index (κ1) is 13.7. The van der Waals surface area contributed by atoms with Gasteiger partial charge in [0.15, 0.2) is 11.4 Å². The van der Waals surface area contributed by atoms with Gasteiger partial charge in [0.1, 0.15) is 23.2 Å². The molecule has 1 aliphatic rings. The zero-order chi connectivity index (χ0) is 15.3. The zero-order valence-electron chi connectivity index (χ0n) is 12.4. The average Bonchev–Trinajstić information content (AvgIpc) is 2.43. The van der Waals surface area contributed by atoms with Gasteiger partial charge in [0, 0.05) is 12.1 Å². The molecule has 1 aromatic heterocycles. The molecule has 0 fully saturated rings. The first-order chi connectivity index (χ1) is 9.93.